The number of esters is 1. The summed E-state index contributed by atoms with van der Waals surface area (Å²) in [6.45, 7) is 10.5. The van der Waals surface area contributed by atoms with Crippen LogP contribution in [0.3, 0.4) is 0 Å². The first-order chi connectivity index (χ1) is 16.5. The Kier molecular flexibility index (Phi) is 7.04. The van der Waals surface area contributed by atoms with Crippen LogP contribution < -0.4 is 0 Å². The van der Waals surface area contributed by atoms with Crippen LogP contribution in [0, 0.1) is 0 Å². The highest BCUT2D eigenvalue weighted by Gasteiger charge is 2.35. The molecule has 1 fully saturated rings. The average molecular weight is 475 g/mol. The van der Waals surface area contributed by atoms with Crippen molar-refractivity contribution in [1.82, 2.24) is 0 Å². The molecule has 2 aromatic carbocycles. The van der Waals surface area contributed by atoms with Crippen molar-refractivity contribution < 1.29 is 19.1 Å². The Balaban J connectivity index is 1.66. The van der Waals surface area contributed by atoms with Crippen LogP contribution in [-0.2, 0) is 20.4 Å². The van der Waals surface area contributed by atoms with Crippen molar-refractivity contribution in [1.29, 1.82) is 0 Å². The SMILES string of the molecule is CCCC(C)(CC(=O)OC1CCCCC1)c1ccc2c(c1)C(=O)c1cc(C(C)(C)C)ccc1C2=O. The van der Waals surface area contributed by atoms with Crippen molar-refractivity contribution in [2.45, 2.75) is 103 Å². The zero-order chi connectivity index (χ0) is 25.4. The van der Waals surface area contributed by atoms with Gasteiger partial charge in [0.25, 0.3) is 0 Å². The van der Waals surface area contributed by atoms with E-state index in [0.29, 0.717) is 22.3 Å². The third-order valence-electron chi connectivity index (χ3n) is 7.77. The Labute approximate surface area is 209 Å². The fraction of sp³-hybridized carbons (Fsp3) is 0.516. The van der Waals surface area contributed by atoms with Crippen molar-refractivity contribution >= 4 is 17.5 Å². The summed E-state index contributed by atoms with van der Waals surface area (Å²) in [6, 6.07) is 11.1. The molecule has 2 aliphatic rings. The van der Waals surface area contributed by atoms with Crippen LogP contribution in [0.2, 0.25) is 0 Å². The van der Waals surface area contributed by atoms with Crippen molar-refractivity contribution in [3.63, 3.8) is 0 Å². The van der Waals surface area contributed by atoms with Crippen LogP contribution in [-0.4, -0.2) is 23.6 Å². The van der Waals surface area contributed by atoms with Gasteiger partial charge in [-0.3, -0.25) is 14.4 Å². The van der Waals surface area contributed by atoms with Crippen LogP contribution in [0.25, 0.3) is 0 Å². The van der Waals surface area contributed by atoms with Crippen LogP contribution >= 0.6 is 0 Å². The highest BCUT2D eigenvalue weighted by atomic mass is 16.5. The minimum atomic E-state index is -0.466. The van der Waals surface area contributed by atoms with E-state index in [1.165, 1.54) is 6.42 Å². The van der Waals surface area contributed by atoms with E-state index in [9.17, 15) is 14.4 Å². The number of carbonyl (C=O) groups excluding carboxylic acids is 3. The Bertz CT molecular complexity index is 1150. The summed E-state index contributed by atoms with van der Waals surface area (Å²) in [5.41, 5.74) is 3.17. The number of rotatable bonds is 6. The highest BCUT2D eigenvalue weighted by molar-refractivity contribution is 6.28. The number of fused-ring (bicyclic) bond motifs is 2. The molecule has 35 heavy (non-hydrogen) atoms. The second kappa shape index (κ2) is 9.72. The summed E-state index contributed by atoms with van der Waals surface area (Å²) in [5.74, 6) is -0.408. The molecule has 1 unspecified atom stereocenters. The zero-order valence-corrected chi connectivity index (χ0v) is 21.8. The van der Waals surface area contributed by atoms with Gasteiger partial charge in [0.15, 0.2) is 11.6 Å². The van der Waals surface area contributed by atoms with Crippen molar-refractivity contribution in [2.75, 3.05) is 0 Å². The molecule has 1 atom stereocenters. The standard InChI is InChI=1S/C31H38O4/c1-6-16-31(5,19-27(32)35-22-10-8-7-9-11-22)21-13-15-24-26(18-21)29(34)25-17-20(30(2,3)4)12-14-23(25)28(24)33/h12-15,17-18,22H,6-11,16,19H2,1-5H3. The summed E-state index contributed by atoms with van der Waals surface area (Å²) < 4.78 is 5.84. The number of carbonyl (C=O) groups is 3. The third kappa shape index (κ3) is 5.12. The van der Waals surface area contributed by atoms with Crippen LogP contribution in [0.1, 0.15) is 129 Å². The Morgan fingerprint density at radius 3 is 1.94 bits per heavy atom. The van der Waals surface area contributed by atoms with Gasteiger partial charge < -0.3 is 4.74 Å². The minimum absolute atomic E-state index is 0.0263. The maximum absolute atomic E-state index is 13.6. The first kappa shape index (κ1) is 25.3. The molecule has 1 saturated carbocycles. The van der Waals surface area contributed by atoms with Gasteiger partial charge in [-0.1, -0.05) is 59.6 Å². The van der Waals surface area contributed by atoms with Crippen molar-refractivity contribution in [2.24, 2.45) is 0 Å². The fourth-order valence-corrected chi connectivity index (χ4v) is 5.61. The predicted octanol–water partition coefficient (Wildman–Crippen LogP) is 7.08. The molecule has 0 amide bonds. The van der Waals surface area contributed by atoms with Gasteiger partial charge in [-0.2, -0.15) is 0 Å². The topological polar surface area (TPSA) is 60.4 Å². The van der Waals surface area contributed by atoms with Gasteiger partial charge in [-0.05, 0) is 72.9 Å². The molecule has 4 rings (SSSR count). The lowest BCUT2D eigenvalue weighted by Crippen LogP contribution is -2.30. The quantitative estimate of drug-likeness (QED) is 0.358. The van der Waals surface area contributed by atoms with E-state index in [-0.39, 0.29) is 35.5 Å². The van der Waals surface area contributed by atoms with Crippen LogP contribution in [0.5, 0.6) is 0 Å². The molecule has 0 aliphatic heterocycles. The van der Waals surface area contributed by atoms with Crippen LogP contribution in [0.15, 0.2) is 36.4 Å². The molecule has 4 heteroatoms. The lowest BCUT2D eigenvalue weighted by atomic mass is 9.73. The second-order valence-electron chi connectivity index (χ2n) is 11.7. The van der Waals surface area contributed by atoms with E-state index in [4.69, 9.17) is 4.74 Å². The van der Waals surface area contributed by atoms with E-state index in [2.05, 4.69) is 34.6 Å². The first-order valence-electron chi connectivity index (χ1n) is 13.1. The number of hydrogen-bond donors (Lipinski definition) is 0. The van der Waals surface area contributed by atoms with Gasteiger partial charge in [0.2, 0.25) is 0 Å². The van der Waals surface area contributed by atoms with Gasteiger partial charge in [0, 0.05) is 27.7 Å². The molecule has 0 N–H and O–H groups in total. The second-order valence-corrected chi connectivity index (χ2v) is 11.7. The van der Waals surface area contributed by atoms with Gasteiger partial charge in [0.1, 0.15) is 6.10 Å². The van der Waals surface area contributed by atoms with Gasteiger partial charge in [0.05, 0.1) is 6.42 Å². The molecule has 0 radical (unpaired) electrons. The van der Waals surface area contributed by atoms with Gasteiger partial charge >= 0.3 is 5.97 Å². The number of ether oxygens (including phenoxy) is 1. The highest BCUT2D eigenvalue weighted by Crippen LogP contribution is 2.38. The molecule has 0 bridgehead atoms. The van der Waals surface area contributed by atoms with E-state index in [1.54, 1.807) is 12.1 Å². The average Bonchev–Trinajstić information content (AvgIpc) is 2.82. The maximum atomic E-state index is 13.6. The Morgan fingerprint density at radius 2 is 1.37 bits per heavy atom. The summed E-state index contributed by atoms with van der Waals surface area (Å²) in [5, 5.41) is 0. The Hall–Kier alpha value is -2.75. The molecule has 0 aromatic heterocycles. The molecule has 2 aliphatic carbocycles. The molecule has 4 nitrogen and oxygen atoms in total. The molecular weight excluding hydrogens is 436 g/mol. The van der Waals surface area contributed by atoms with E-state index < -0.39 is 5.41 Å². The van der Waals surface area contributed by atoms with Crippen molar-refractivity contribution in [3.05, 3.63) is 69.8 Å². The van der Waals surface area contributed by atoms with Crippen molar-refractivity contribution in [3.8, 4) is 0 Å². The molecule has 0 spiro atoms. The predicted molar refractivity (Wildman–Crippen MR) is 138 cm³/mol. The number of hydrogen-bond acceptors (Lipinski definition) is 4. The van der Waals surface area contributed by atoms with Gasteiger partial charge in [-0.15, -0.1) is 0 Å². The number of ketones is 2. The zero-order valence-electron chi connectivity index (χ0n) is 21.8. The van der Waals surface area contributed by atoms with Gasteiger partial charge in [-0.25, -0.2) is 0 Å². The lowest BCUT2D eigenvalue weighted by Gasteiger charge is -2.32. The third-order valence-corrected chi connectivity index (χ3v) is 7.77. The number of benzene rings is 2. The molecule has 0 saturated heterocycles. The van der Waals surface area contributed by atoms with Crippen LogP contribution in [0.4, 0.5) is 0 Å². The summed E-state index contributed by atoms with van der Waals surface area (Å²) in [7, 11) is 0. The minimum Gasteiger partial charge on any atom is -0.462 e. The molecule has 2 aromatic rings. The molecular formula is C31H38O4. The lowest BCUT2D eigenvalue weighted by molar-refractivity contribution is -0.152. The largest absolute Gasteiger partial charge is 0.462 e. The van der Waals surface area contributed by atoms with E-state index in [0.717, 1.165) is 49.7 Å². The van der Waals surface area contributed by atoms with E-state index >= 15 is 0 Å². The first-order valence-corrected chi connectivity index (χ1v) is 13.1. The molecule has 0 heterocycles. The monoisotopic (exact) mass is 474 g/mol. The Morgan fingerprint density at radius 1 is 0.829 bits per heavy atom. The smallest absolute Gasteiger partial charge is 0.306 e. The molecule has 186 valence electrons. The summed E-state index contributed by atoms with van der Waals surface area (Å²) >= 11 is 0. The van der Waals surface area contributed by atoms with E-state index in [1.807, 2.05) is 24.3 Å². The fourth-order valence-electron chi connectivity index (χ4n) is 5.61. The maximum Gasteiger partial charge on any atom is 0.306 e. The normalized spacial score (nSPS) is 18.0. The summed E-state index contributed by atoms with van der Waals surface area (Å²) in [4.78, 5) is 39.8. The summed E-state index contributed by atoms with van der Waals surface area (Å²) in [6.07, 6.45) is 7.31.